The number of carbonyl (C=O) groups excluding carboxylic acids is 2. The van der Waals surface area contributed by atoms with E-state index in [4.69, 9.17) is 0 Å². The number of amides is 2. The zero-order valence-electron chi connectivity index (χ0n) is 21.2. The highest BCUT2D eigenvalue weighted by atomic mass is 79.9. The highest BCUT2D eigenvalue weighted by Crippen LogP contribution is 2.21. The van der Waals surface area contributed by atoms with Gasteiger partial charge in [0.1, 0.15) is 6.04 Å². The van der Waals surface area contributed by atoms with Gasteiger partial charge >= 0.3 is 0 Å². The summed E-state index contributed by atoms with van der Waals surface area (Å²) in [6.07, 6.45) is 0.465. The number of halogens is 1. The summed E-state index contributed by atoms with van der Waals surface area (Å²) in [7, 11) is 0. The van der Waals surface area contributed by atoms with Crippen molar-refractivity contribution < 1.29 is 9.59 Å². The Kier molecular flexibility index (Phi) is 11.1. The zero-order valence-corrected chi connectivity index (χ0v) is 23.6. The fourth-order valence-electron chi connectivity index (χ4n) is 3.91. The van der Waals surface area contributed by atoms with Gasteiger partial charge in [-0.25, -0.2) is 0 Å². The van der Waals surface area contributed by atoms with Crippen LogP contribution in [0.25, 0.3) is 0 Å². The summed E-state index contributed by atoms with van der Waals surface area (Å²) < 4.78 is 0.949. The van der Waals surface area contributed by atoms with Crippen LogP contribution >= 0.6 is 27.7 Å². The number of hydrogen-bond acceptors (Lipinski definition) is 3. The number of nitrogens with one attached hydrogen (secondary N) is 1. The van der Waals surface area contributed by atoms with Crippen molar-refractivity contribution in [1.29, 1.82) is 0 Å². The monoisotopic (exact) mass is 566 g/mol. The number of hydrogen-bond donors (Lipinski definition) is 1. The van der Waals surface area contributed by atoms with Gasteiger partial charge in [-0.05, 0) is 47.2 Å². The molecule has 0 saturated carbocycles. The standard InChI is InChI=1S/C30H35BrN2O2S/c1-22(2)18-32-30(35)28(17-24-11-5-4-6-12-24)33(19-25-13-9-15-27(31)16-25)29(34)21-36-20-26-14-8-7-10-23(26)3/h4-16,22,28H,17-21H2,1-3H3,(H,32,35). The average Bonchev–Trinajstić information content (AvgIpc) is 2.86. The van der Waals surface area contributed by atoms with E-state index in [-0.39, 0.29) is 11.8 Å². The molecule has 6 heteroatoms. The van der Waals surface area contributed by atoms with Gasteiger partial charge in [0.2, 0.25) is 11.8 Å². The minimum absolute atomic E-state index is 0.0332. The molecule has 0 aliphatic heterocycles. The number of thioether (sulfide) groups is 1. The summed E-state index contributed by atoms with van der Waals surface area (Å²) in [6, 6.07) is 25.5. The molecule has 2 amide bonds. The van der Waals surface area contributed by atoms with Crippen LogP contribution in [0.4, 0.5) is 0 Å². The summed E-state index contributed by atoms with van der Waals surface area (Å²) >= 11 is 5.13. The molecule has 1 N–H and O–H groups in total. The van der Waals surface area contributed by atoms with Crippen LogP contribution in [-0.4, -0.2) is 35.1 Å². The molecule has 1 unspecified atom stereocenters. The summed E-state index contributed by atoms with van der Waals surface area (Å²) in [5, 5.41) is 3.08. The maximum atomic E-state index is 13.7. The lowest BCUT2D eigenvalue weighted by Gasteiger charge is -2.32. The summed E-state index contributed by atoms with van der Waals surface area (Å²) in [4.78, 5) is 28.9. The van der Waals surface area contributed by atoms with E-state index < -0.39 is 6.04 Å². The third-order valence-electron chi connectivity index (χ3n) is 5.94. The van der Waals surface area contributed by atoms with Gasteiger partial charge in [0.15, 0.2) is 0 Å². The van der Waals surface area contributed by atoms with E-state index in [9.17, 15) is 9.59 Å². The number of benzene rings is 3. The summed E-state index contributed by atoms with van der Waals surface area (Å²) in [5.41, 5.74) is 4.46. The number of carbonyl (C=O) groups is 2. The molecular weight excluding hydrogens is 532 g/mol. The van der Waals surface area contributed by atoms with Crippen molar-refractivity contribution in [3.05, 3.63) is 106 Å². The Morgan fingerprint density at radius 1 is 0.944 bits per heavy atom. The highest BCUT2D eigenvalue weighted by molar-refractivity contribution is 9.10. The van der Waals surface area contributed by atoms with Gasteiger partial charge in [-0.2, -0.15) is 0 Å². The molecular formula is C30H35BrN2O2S. The second-order valence-corrected chi connectivity index (χ2v) is 11.3. The highest BCUT2D eigenvalue weighted by Gasteiger charge is 2.30. The van der Waals surface area contributed by atoms with Gasteiger partial charge in [0.25, 0.3) is 0 Å². The van der Waals surface area contributed by atoms with Crippen LogP contribution in [-0.2, 0) is 28.3 Å². The molecule has 190 valence electrons. The van der Waals surface area contributed by atoms with Crippen molar-refractivity contribution in [3.8, 4) is 0 Å². The fourth-order valence-corrected chi connectivity index (χ4v) is 5.34. The van der Waals surface area contributed by atoms with Crippen LogP contribution in [0.15, 0.2) is 83.3 Å². The quantitative estimate of drug-likeness (QED) is 0.276. The molecule has 1 atom stereocenters. The largest absolute Gasteiger partial charge is 0.354 e. The SMILES string of the molecule is Cc1ccccc1CSCC(=O)N(Cc1cccc(Br)c1)C(Cc1ccccc1)C(=O)NCC(C)C. The molecule has 4 nitrogen and oxygen atoms in total. The molecule has 0 fully saturated rings. The van der Waals surface area contributed by atoms with Gasteiger partial charge < -0.3 is 10.2 Å². The lowest BCUT2D eigenvalue weighted by Crippen LogP contribution is -2.51. The molecule has 0 spiro atoms. The first kappa shape index (κ1) is 28.0. The molecule has 0 bridgehead atoms. The van der Waals surface area contributed by atoms with E-state index in [0.717, 1.165) is 21.4 Å². The van der Waals surface area contributed by atoms with E-state index in [0.29, 0.717) is 31.2 Å². The summed E-state index contributed by atoms with van der Waals surface area (Å²) in [6.45, 7) is 7.17. The number of aryl methyl sites for hydroxylation is 1. The zero-order chi connectivity index (χ0) is 25.9. The van der Waals surface area contributed by atoms with Gasteiger partial charge in [-0.1, -0.05) is 96.5 Å². The van der Waals surface area contributed by atoms with E-state index >= 15 is 0 Å². The van der Waals surface area contributed by atoms with Crippen LogP contribution in [0.2, 0.25) is 0 Å². The van der Waals surface area contributed by atoms with E-state index in [1.165, 1.54) is 11.1 Å². The second kappa shape index (κ2) is 14.2. The number of nitrogens with zero attached hydrogens (tertiary/aromatic N) is 1. The van der Waals surface area contributed by atoms with Gasteiger partial charge in [0.05, 0.1) is 5.75 Å². The summed E-state index contributed by atoms with van der Waals surface area (Å²) in [5.74, 6) is 1.25. The van der Waals surface area contributed by atoms with Crippen LogP contribution < -0.4 is 5.32 Å². The number of rotatable bonds is 12. The predicted molar refractivity (Wildman–Crippen MR) is 154 cm³/mol. The van der Waals surface area contributed by atoms with Gasteiger partial charge in [0, 0.05) is 29.7 Å². The molecule has 0 aliphatic carbocycles. The molecule has 0 aliphatic rings. The minimum atomic E-state index is -0.600. The van der Waals surface area contributed by atoms with Crippen LogP contribution in [0.3, 0.4) is 0 Å². The lowest BCUT2D eigenvalue weighted by molar-refractivity contribution is -0.139. The van der Waals surface area contributed by atoms with Gasteiger partial charge in [-0.15, -0.1) is 11.8 Å². The Bertz CT molecular complexity index is 1140. The first-order valence-electron chi connectivity index (χ1n) is 12.3. The topological polar surface area (TPSA) is 49.4 Å². The van der Waals surface area contributed by atoms with Crippen LogP contribution in [0.1, 0.15) is 36.1 Å². The smallest absolute Gasteiger partial charge is 0.243 e. The molecule has 3 aromatic rings. The average molecular weight is 568 g/mol. The van der Waals surface area contributed by atoms with Crippen LogP contribution in [0, 0.1) is 12.8 Å². The molecule has 0 radical (unpaired) electrons. The molecule has 0 saturated heterocycles. The van der Waals surface area contributed by atoms with Crippen molar-refractivity contribution in [2.24, 2.45) is 5.92 Å². The van der Waals surface area contributed by atoms with E-state index in [1.54, 1.807) is 16.7 Å². The van der Waals surface area contributed by atoms with Crippen molar-refractivity contribution in [1.82, 2.24) is 10.2 Å². The molecule has 3 aromatic carbocycles. The minimum Gasteiger partial charge on any atom is -0.354 e. The van der Waals surface area contributed by atoms with E-state index in [2.05, 4.69) is 54.2 Å². The van der Waals surface area contributed by atoms with Gasteiger partial charge in [-0.3, -0.25) is 9.59 Å². The molecule has 0 aromatic heterocycles. The normalized spacial score (nSPS) is 11.8. The Morgan fingerprint density at radius 3 is 2.33 bits per heavy atom. The molecule has 3 rings (SSSR count). The third-order valence-corrected chi connectivity index (χ3v) is 7.40. The molecule has 0 heterocycles. The van der Waals surface area contributed by atoms with E-state index in [1.807, 2.05) is 66.7 Å². The fraction of sp³-hybridized carbons (Fsp3) is 0.333. The Morgan fingerprint density at radius 2 is 1.64 bits per heavy atom. The first-order valence-corrected chi connectivity index (χ1v) is 14.3. The van der Waals surface area contributed by atoms with Crippen molar-refractivity contribution in [3.63, 3.8) is 0 Å². The maximum Gasteiger partial charge on any atom is 0.243 e. The van der Waals surface area contributed by atoms with Crippen molar-refractivity contribution in [2.45, 2.75) is 45.5 Å². The first-order chi connectivity index (χ1) is 17.3. The lowest BCUT2D eigenvalue weighted by atomic mass is 10.0. The van der Waals surface area contributed by atoms with Crippen molar-refractivity contribution >= 4 is 39.5 Å². The Labute approximate surface area is 228 Å². The Hall–Kier alpha value is -2.57. The predicted octanol–water partition coefficient (Wildman–Crippen LogP) is 6.40. The maximum absolute atomic E-state index is 13.7. The van der Waals surface area contributed by atoms with Crippen LogP contribution in [0.5, 0.6) is 0 Å². The van der Waals surface area contributed by atoms with Crippen molar-refractivity contribution in [2.75, 3.05) is 12.3 Å². The Balaban J connectivity index is 1.85. The molecule has 36 heavy (non-hydrogen) atoms. The third kappa shape index (κ3) is 8.82. The second-order valence-electron chi connectivity index (χ2n) is 9.42.